The van der Waals surface area contributed by atoms with Gasteiger partial charge in [0.25, 0.3) is 0 Å². The molecule has 0 saturated carbocycles. The number of hydrogen-bond acceptors (Lipinski definition) is 3. The molecule has 0 amide bonds. The largest absolute Gasteiger partial charge is 0.326 e. The van der Waals surface area contributed by atoms with Crippen molar-refractivity contribution < 1.29 is 0 Å². The number of hydrogen-bond donors (Lipinski definition) is 1. The smallest absolute Gasteiger partial charge is 0.0594 e. The van der Waals surface area contributed by atoms with E-state index in [9.17, 15) is 0 Å². The van der Waals surface area contributed by atoms with E-state index in [1.165, 1.54) is 28.8 Å². The van der Waals surface area contributed by atoms with Crippen LogP contribution >= 0.6 is 27.3 Å². The first-order valence-electron chi connectivity index (χ1n) is 7.45. The number of fused-ring (bicyclic) bond motifs is 1. The molecule has 2 atom stereocenters. The first kappa shape index (κ1) is 15.2. The van der Waals surface area contributed by atoms with E-state index in [2.05, 4.69) is 63.5 Å². The van der Waals surface area contributed by atoms with Crippen LogP contribution in [0, 0.1) is 0 Å². The summed E-state index contributed by atoms with van der Waals surface area (Å²) in [6.45, 7) is 4.23. The summed E-state index contributed by atoms with van der Waals surface area (Å²) in [7, 11) is 0. The molecule has 0 spiro atoms. The zero-order chi connectivity index (χ0) is 14.8. The van der Waals surface area contributed by atoms with Crippen LogP contribution in [0.5, 0.6) is 0 Å². The number of thiophene rings is 1. The highest BCUT2D eigenvalue weighted by molar-refractivity contribution is 9.10. The SMILES string of the molecule is CC(N)C(c1cc(Br)cs1)N1CCCc2ccccc2C1. The molecule has 0 aliphatic carbocycles. The van der Waals surface area contributed by atoms with E-state index in [0.717, 1.165) is 17.6 Å². The quantitative estimate of drug-likeness (QED) is 0.876. The number of nitrogens with two attached hydrogens (primary N) is 1. The molecule has 1 aliphatic heterocycles. The number of aryl methyl sites for hydroxylation is 1. The minimum atomic E-state index is 0.126. The topological polar surface area (TPSA) is 29.3 Å². The summed E-state index contributed by atoms with van der Waals surface area (Å²) < 4.78 is 1.16. The van der Waals surface area contributed by atoms with Crippen LogP contribution < -0.4 is 5.73 Å². The van der Waals surface area contributed by atoms with Gasteiger partial charge in [-0.15, -0.1) is 11.3 Å². The van der Waals surface area contributed by atoms with E-state index in [4.69, 9.17) is 5.73 Å². The first-order chi connectivity index (χ1) is 10.1. The number of benzene rings is 1. The molecule has 2 heterocycles. The van der Waals surface area contributed by atoms with Crippen LogP contribution in [0.2, 0.25) is 0 Å². The molecule has 1 aliphatic rings. The van der Waals surface area contributed by atoms with Crippen molar-refractivity contribution in [2.24, 2.45) is 5.73 Å². The highest BCUT2D eigenvalue weighted by Gasteiger charge is 2.27. The zero-order valence-electron chi connectivity index (χ0n) is 12.3. The van der Waals surface area contributed by atoms with Crippen LogP contribution in [0.3, 0.4) is 0 Å². The minimum absolute atomic E-state index is 0.126. The Bertz CT molecular complexity index is 608. The molecule has 112 valence electrons. The van der Waals surface area contributed by atoms with E-state index in [1.54, 1.807) is 11.3 Å². The third kappa shape index (κ3) is 3.39. The maximum Gasteiger partial charge on any atom is 0.0594 e. The van der Waals surface area contributed by atoms with Crippen LogP contribution in [0.15, 0.2) is 40.2 Å². The maximum atomic E-state index is 6.33. The van der Waals surface area contributed by atoms with Crippen LogP contribution in [0.25, 0.3) is 0 Å². The van der Waals surface area contributed by atoms with Gasteiger partial charge in [0.2, 0.25) is 0 Å². The molecular weight excluding hydrogens is 344 g/mol. The number of nitrogens with zero attached hydrogens (tertiary/aromatic N) is 1. The Morgan fingerprint density at radius 3 is 2.71 bits per heavy atom. The van der Waals surface area contributed by atoms with Gasteiger partial charge in [-0.1, -0.05) is 24.3 Å². The van der Waals surface area contributed by atoms with Crippen molar-refractivity contribution in [2.75, 3.05) is 6.54 Å². The molecule has 0 radical (unpaired) electrons. The molecule has 1 aromatic heterocycles. The van der Waals surface area contributed by atoms with Gasteiger partial charge in [-0.05, 0) is 59.4 Å². The summed E-state index contributed by atoms with van der Waals surface area (Å²) in [5.74, 6) is 0. The van der Waals surface area contributed by atoms with Gasteiger partial charge >= 0.3 is 0 Å². The fraction of sp³-hybridized carbons (Fsp3) is 0.412. The van der Waals surface area contributed by atoms with Gasteiger partial charge in [0, 0.05) is 27.3 Å². The normalized spacial score (nSPS) is 18.8. The van der Waals surface area contributed by atoms with Crippen molar-refractivity contribution in [3.8, 4) is 0 Å². The van der Waals surface area contributed by atoms with Gasteiger partial charge in [-0.3, -0.25) is 4.90 Å². The monoisotopic (exact) mass is 364 g/mol. The Balaban J connectivity index is 1.90. The van der Waals surface area contributed by atoms with Gasteiger partial charge in [-0.2, -0.15) is 0 Å². The Morgan fingerprint density at radius 1 is 1.29 bits per heavy atom. The number of halogens is 1. The summed E-state index contributed by atoms with van der Waals surface area (Å²) in [5.41, 5.74) is 9.28. The van der Waals surface area contributed by atoms with Crippen molar-refractivity contribution in [2.45, 2.75) is 38.4 Å². The molecule has 0 fully saturated rings. The lowest BCUT2D eigenvalue weighted by Gasteiger charge is -2.33. The highest BCUT2D eigenvalue weighted by Crippen LogP contribution is 2.34. The standard InChI is InChI=1S/C17H21BrN2S/c1-12(19)17(16-9-15(18)11-21-16)20-8-4-7-13-5-2-3-6-14(13)10-20/h2-3,5-6,9,11-12,17H,4,7-8,10,19H2,1H3. The Hall–Kier alpha value is -0.680. The molecule has 1 aromatic carbocycles. The van der Waals surface area contributed by atoms with Gasteiger partial charge < -0.3 is 5.73 Å². The molecule has 0 saturated heterocycles. The molecule has 3 rings (SSSR count). The molecule has 0 bridgehead atoms. The Morgan fingerprint density at radius 2 is 2.05 bits per heavy atom. The highest BCUT2D eigenvalue weighted by atomic mass is 79.9. The molecule has 2 nitrogen and oxygen atoms in total. The number of rotatable bonds is 3. The fourth-order valence-corrected chi connectivity index (χ4v) is 4.91. The third-order valence-corrected chi connectivity index (χ3v) is 5.92. The third-order valence-electron chi connectivity index (χ3n) is 4.15. The van der Waals surface area contributed by atoms with Crippen LogP contribution in [0.4, 0.5) is 0 Å². The summed E-state index contributed by atoms with van der Waals surface area (Å²) in [5, 5.41) is 2.15. The zero-order valence-corrected chi connectivity index (χ0v) is 14.7. The van der Waals surface area contributed by atoms with Gasteiger partial charge in [0.1, 0.15) is 0 Å². The summed E-state index contributed by atoms with van der Waals surface area (Å²) in [6.07, 6.45) is 2.37. The molecule has 2 N–H and O–H groups in total. The predicted molar refractivity (Wildman–Crippen MR) is 93.6 cm³/mol. The second-order valence-corrected chi connectivity index (χ2v) is 7.67. The van der Waals surface area contributed by atoms with Crippen molar-refractivity contribution in [3.05, 3.63) is 56.2 Å². The second kappa shape index (κ2) is 6.61. The second-order valence-electron chi connectivity index (χ2n) is 5.81. The van der Waals surface area contributed by atoms with E-state index >= 15 is 0 Å². The van der Waals surface area contributed by atoms with Crippen molar-refractivity contribution in [1.29, 1.82) is 0 Å². The summed E-state index contributed by atoms with van der Waals surface area (Å²) in [4.78, 5) is 3.91. The van der Waals surface area contributed by atoms with Crippen LogP contribution in [0.1, 0.15) is 35.4 Å². The van der Waals surface area contributed by atoms with E-state index in [-0.39, 0.29) is 6.04 Å². The lowest BCUT2D eigenvalue weighted by atomic mass is 10.0. The van der Waals surface area contributed by atoms with Gasteiger partial charge in [0.15, 0.2) is 0 Å². The van der Waals surface area contributed by atoms with Crippen LogP contribution in [-0.2, 0) is 13.0 Å². The Labute approximate surface area is 139 Å². The molecule has 21 heavy (non-hydrogen) atoms. The summed E-state index contributed by atoms with van der Waals surface area (Å²) >= 11 is 5.37. The van der Waals surface area contributed by atoms with E-state index in [0.29, 0.717) is 6.04 Å². The molecule has 2 unspecified atom stereocenters. The Kier molecular flexibility index (Phi) is 4.79. The lowest BCUT2D eigenvalue weighted by Crippen LogP contribution is -2.38. The van der Waals surface area contributed by atoms with Crippen LogP contribution in [-0.4, -0.2) is 17.5 Å². The first-order valence-corrected chi connectivity index (χ1v) is 9.13. The van der Waals surface area contributed by atoms with Crippen molar-refractivity contribution in [3.63, 3.8) is 0 Å². The summed E-state index contributed by atoms with van der Waals surface area (Å²) in [6, 6.07) is 11.5. The molecule has 2 aromatic rings. The van der Waals surface area contributed by atoms with Crippen molar-refractivity contribution in [1.82, 2.24) is 4.90 Å². The molecule has 4 heteroatoms. The maximum absolute atomic E-state index is 6.33. The van der Waals surface area contributed by atoms with E-state index < -0.39 is 0 Å². The van der Waals surface area contributed by atoms with Gasteiger partial charge in [0.05, 0.1) is 6.04 Å². The van der Waals surface area contributed by atoms with E-state index in [1.807, 2.05) is 0 Å². The van der Waals surface area contributed by atoms with Crippen molar-refractivity contribution >= 4 is 27.3 Å². The molecular formula is C17H21BrN2S. The minimum Gasteiger partial charge on any atom is -0.326 e. The lowest BCUT2D eigenvalue weighted by molar-refractivity contribution is 0.173. The predicted octanol–water partition coefficient (Wildman–Crippen LogP) is 4.35. The van der Waals surface area contributed by atoms with Gasteiger partial charge in [-0.25, -0.2) is 0 Å². The average Bonchev–Trinajstić information content (AvgIpc) is 2.75. The average molecular weight is 365 g/mol. The fourth-order valence-electron chi connectivity index (χ4n) is 3.22.